The molecule has 0 saturated carbocycles. The number of benzene rings is 2. The lowest BCUT2D eigenvalue weighted by atomic mass is 10.1. The van der Waals surface area contributed by atoms with E-state index >= 15 is 0 Å². The molecule has 1 heterocycles. The monoisotopic (exact) mass is 300 g/mol. The zero-order valence-corrected chi connectivity index (χ0v) is 12.2. The summed E-state index contributed by atoms with van der Waals surface area (Å²) in [5.74, 6) is -0.229. The van der Waals surface area contributed by atoms with Gasteiger partial charge in [-0.05, 0) is 42.0 Å². The Morgan fingerprint density at radius 3 is 2.86 bits per heavy atom. The number of carbonyl (C=O) groups excluding carboxylic acids is 1. The molecule has 4 heteroatoms. The largest absolute Gasteiger partial charge is 0.488 e. The average Bonchev–Trinajstić information content (AvgIpc) is 2.89. The van der Waals surface area contributed by atoms with E-state index in [1.54, 1.807) is 11.3 Å². The molecule has 106 valence electrons. The smallest absolute Gasteiger partial charge is 0.163 e. The number of carbonyl (C=O) groups is 1. The third-order valence-electron chi connectivity index (χ3n) is 3.27. The van der Waals surface area contributed by atoms with E-state index in [0.29, 0.717) is 12.4 Å². The molecular formula is C17H13FO2S. The standard InChI is InChI=1S/C17H13FO2S/c1-11(19)15-8-13(18)6-7-16(15)20-9-12-10-21-17-5-3-2-4-14(12)17/h2-8,10H,9H2,1H3. The quantitative estimate of drug-likeness (QED) is 0.646. The van der Waals surface area contributed by atoms with Crippen molar-refractivity contribution in [2.45, 2.75) is 13.5 Å². The maximum absolute atomic E-state index is 13.2. The second-order valence-corrected chi connectivity index (χ2v) is 5.65. The van der Waals surface area contributed by atoms with Gasteiger partial charge in [-0.3, -0.25) is 4.79 Å². The van der Waals surface area contributed by atoms with Gasteiger partial charge >= 0.3 is 0 Å². The first-order valence-electron chi connectivity index (χ1n) is 6.53. The van der Waals surface area contributed by atoms with Crippen LogP contribution in [0.4, 0.5) is 4.39 Å². The lowest BCUT2D eigenvalue weighted by molar-refractivity contribution is 0.101. The summed E-state index contributed by atoms with van der Waals surface area (Å²) >= 11 is 1.66. The molecule has 0 fully saturated rings. The van der Waals surface area contributed by atoms with Gasteiger partial charge < -0.3 is 4.74 Å². The summed E-state index contributed by atoms with van der Waals surface area (Å²) in [5, 5.41) is 3.19. The fourth-order valence-corrected chi connectivity index (χ4v) is 3.15. The molecule has 0 aliphatic heterocycles. The second kappa shape index (κ2) is 5.66. The molecule has 0 radical (unpaired) electrons. The molecule has 0 saturated heterocycles. The maximum Gasteiger partial charge on any atom is 0.163 e. The van der Waals surface area contributed by atoms with Gasteiger partial charge in [0.2, 0.25) is 0 Å². The summed E-state index contributed by atoms with van der Waals surface area (Å²) in [6, 6.07) is 12.1. The van der Waals surface area contributed by atoms with Crippen LogP contribution in [0.15, 0.2) is 47.8 Å². The number of fused-ring (bicyclic) bond motifs is 1. The van der Waals surface area contributed by atoms with Crippen molar-refractivity contribution in [3.05, 3.63) is 64.8 Å². The van der Waals surface area contributed by atoms with Crippen molar-refractivity contribution in [2.75, 3.05) is 0 Å². The van der Waals surface area contributed by atoms with E-state index in [9.17, 15) is 9.18 Å². The van der Waals surface area contributed by atoms with Crippen molar-refractivity contribution < 1.29 is 13.9 Å². The van der Waals surface area contributed by atoms with Gasteiger partial charge in [0.15, 0.2) is 5.78 Å². The van der Waals surface area contributed by atoms with E-state index in [1.807, 2.05) is 23.6 Å². The van der Waals surface area contributed by atoms with Crippen LogP contribution in [0.3, 0.4) is 0 Å². The van der Waals surface area contributed by atoms with Crippen molar-refractivity contribution >= 4 is 27.2 Å². The third-order valence-corrected chi connectivity index (χ3v) is 4.28. The van der Waals surface area contributed by atoms with Gasteiger partial charge in [0.05, 0.1) is 5.56 Å². The van der Waals surface area contributed by atoms with Crippen LogP contribution in [0, 0.1) is 5.82 Å². The fourth-order valence-electron chi connectivity index (χ4n) is 2.20. The summed E-state index contributed by atoms with van der Waals surface area (Å²) < 4.78 is 20.1. The number of hydrogen-bond acceptors (Lipinski definition) is 3. The van der Waals surface area contributed by atoms with Crippen LogP contribution in [0.1, 0.15) is 22.8 Å². The molecule has 0 aliphatic rings. The fraction of sp³-hybridized carbons (Fsp3) is 0.118. The van der Waals surface area contributed by atoms with Crippen molar-refractivity contribution in [3.63, 3.8) is 0 Å². The van der Waals surface area contributed by atoms with Gasteiger partial charge in [0.1, 0.15) is 18.2 Å². The van der Waals surface area contributed by atoms with Crippen LogP contribution < -0.4 is 4.74 Å². The summed E-state index contributed by atoms with van der Waals surface area (Å²) in [5.41, 5.74) is 1.34. The van der Waals surface area contributed by atoms with Crippen LogP contribution in [-0.2, 0) is 6.61 Å². The number of hydrogen-bond donors (Lipinski definition) is 0. The molecule has 1 aromatic heterocycles. The van der Waals surface area contributed by atoms with Gasteiger partial charge in [-0.2, -0.15) is 0 Å². The SMILES string of the molecule is CC(=O)c1cc(F)ccc1OCc1csc2ccccc12. The van der Waals surface area contributed by atoms with E-state index in [4.69, 9.17) is 4.74 Å². The minimum atomic E-state index is -0.437. The minimum Gasteiger partial charge on any atom is -0.488 e. The van der Waals surface area contributed by atoms with Gasteiger partial charge in [-0.1, -0.05) is 18.2 Å². The highest BCUT2D eigenvalue weighted by Gasteiger charge is 2.11. The Bertz CT molecular complexity index is 807. The molecule has 0 unspecified atom stereocenters. The van der Waals surface area contributed by atoms with Crippen LogP contribution in [-0.4, -0.2) is 5.78 Å². The van der Waals surface area contributed by atoms with Crippen molar-refractivity contribution in [2.24, 2.45) is 0 Å². The first-order valence-corrected chi connectivity index (χ1v) is 7.41. The van der Waals surface area contributed by atoms with E-state index in [0.717, 1.165) is 10.9 Å². The molecule has 0 N–H and O–H groups in total. The van der Waals surface area contributed by atoms with Gasteiger partial charge in [0, 0.05) is 10.3 Å². The van der Waals surface area contributed by atoms with Crippen LogP contribution >= 0.6 is 11.3 Å². The maximum atomic E-state index is 13.2. The van der Waals surface area contributed by atoms with E-state index in [1.165, 1.54) is 29.8 Å². The molecule has 21 heavy (non-hydrogen) atoms. The molecule has 0 spiro atoms. The Labute approximate surface area is 125 Å². The summed E-state index contributed by atoms with van der Waals surface area (Å²) in [6.45, 7) is 1.76. The number of rotatable bonds is 4. The molecule has 0 aliphatic carbocycles. The Kier molecular flexibility index (Phi) is 3.71. The van der Waals surface area contributed by atoms with Gasteiger partial charge in [0.25, 0.3) is 0 Å². The zero-order chi connectivity index (χ0) is 14.8. The number of ketones is 1. The topological polar surface area (TPSA) is 26.3 Å². The highest BCUT2D eigenvalue weighted by molar-refractivity contribution is 7.17. The Balaban J connectivity index is 1.87. The molecule has 3 rings (SSSR count). The molecule has 0 bridgehead atoms. The first kappa shape index (κ1) is 13.8. The van der Waals surface area contributed by atoms with E-state index in [-0.39, 0.29) is 11.3 Å². The predicted octanol–water partition coefficient (Wildman–Crippen LogP) is 4.82. The summed E-state index contributed by atoms with van der Waals surface area (Å²) in [6.07, 6.45) is 0. The second-order valence-electron chi connectivity index (χ2n) is 4.74. The van der Waals surface area contributed by atoms with Crippen LogP contribution in [0.5, 0.6) is 5.75 Å². The molecule has 3 aromatic rings. The highest BCUT2D eigenvalue weighted by Crippen LogP contribution is 2.28. The van der Waals surface area contributed by atoms with E-state index in [2.05, 4.69) is 6.07 Å². The normalized spacial score (nSPS) is 10.8. The summed E-state index contributed by atoms with van der Waals surface area (Å²) in [4.78, 5) is 11.5. The van der Waals surface area contributed by atoms with Gasteiger partial charge in [-0.15, -0.1) is 11.3 Å². The number of Topliss-reactive ketones (excluding diaryl/α,β-unsaturated/α-hetero) is 1. The number of halogens is 1. The van der Waals surface area contributed by atoms with Gasteiger partial charge in [-0.25, -0.2) is 4.39 Å². The third kappa shape index (κ3) is 2.81. The first-order chi connectivity index (χ1) is 10.1. The lowest BCUT2D eigenvalue weighted by Gasteiger charge is -2.09. The van der Waals surface area contributed by atoms with Crippen molar-refractivity contribution in [1.29, 1.82) is 0 Å². The van der Waals surface area contributed by atoms with Crippen molar-refractivity contribution in [3.8, 4) is 5.75 Å². The van der Waals surface area contributed by atoms with Crippen LogP contribution in [0.2, 0.25) is 0 Å². The van der Waals surface area contributed by atoms with Crippen LogP contribution in [0.25, 0.3) is 10.1 Å². The lowest BCUT2D eigenvalue weighted by Crippen LogP contribution is -2.02. The molecule has 0 amide bonds. The Hall–Kier alpha value is -2.20. The Morgan fingerprint density at radius 1 is 1.24 bits per heavy atom. The minimum absolute atomic E-state index is 0.209. The summed E-state index contributed by atoms with van der Waals surface area (Å²) in [7, 11) is 0. The van der Waals surface area contributed by atoms with Crippen molar-refractivity contribution in [1.82, 2.24) is 0 Å². The average molecular weight is 300 g/mol. The molecule has 2 aromatic carbocycles. The zero-order valence-electron chi connectivity index (χ0n) is 11.4. The molecule has 2 nitrogen and oxygen atoms in total. The highest BCUT2D eigenvalue weighted by atomic mass is 32.1. The molecule has 0 atom stereocenters. The number of thiophene rings is 1. The number of ether oxygens (including phenoxy) is 1. The Morgan fingerprint density at radius 2 is 2.05 bits per heavy atom. The molecular weight excluding hydrogens is 287 g/mol. The predicted molar refractivity (Wildman–Crippen MR) is 82.6 cm³/mol. The van der Waals surface area contributed by atoms with E-state index < -0.39 is 5.82 Å².